The van der Waals surface area contributed by atoms with Gasteiger partial charge >= 0.3 is 86.0 Å². The van der Waals surface area contributed by atoms with Gasteiger partial charge in [0.05, 0.1) is 0 Å². The first-order valence-electron chi connectivity index (χ1n) is 3.05. The van der Waals surface area contributed by atoms with E-state index in [1.54, 1.807) is 0 Å². The van der Waals surface area contributed by atoms with Crippen LogP contribution in [-0.2, 0) is 9.59 Å². The van der Waals surface area contributed by atoms with E-state index in [1.165, 1.54) is 8.18 Å². The van der Waals surface area contributed by atoms with E-state index >= 15 is 0 Å². The number of hydrogen-bond donors (Lipinski definition) is 2. The number of hydrogen-bond acceptors (Lipinski definition) is 2. The molecule has 0 saturated heterocycles. The Morgan fingerprint density at radius 2 is 1.31 bits per heavy atom. The summed E-state index contributed by atoms with van der Waals surface area (Å²) in [6, 6.07) is 0. The van der Waals surface area contributed by atoms with Crippen LogP contribution in [0.2, 0.25) is 0 Å². The summed E-state index contributed by atoms with van der Waals surface area (Å²) in [7, 11) is 11.4. The van der Waals surface area contributed by atoms with Gasteiger partial charge in [-0.05, 0) is 0 Å². The Hall–Kier alpha value is -0.201. The molecular weight excluding hydrogens is 326 g/mol. The normalized spacial score (nSPS) is 12.5. The van der Waals surface area contributed by atoms with Gasteiger partial charge < -0.3 is 0 Å². The van der Waals surface area contributed by atoms with Crippen LogP contribution in [0.1, 0.15) is 0 Å². The molecule has 13 heavy (non-hydrogen) atoms. The first-order chi connectivity index (χ1) is 5.83. The Labute approximate surface area is 85.8 Å². The van der Waals surface area contributed by atoms with Crippen molar-refractivity contribution in [3.63, 3.8) is 0 Å². The summed E-state index contributed by atoms with van der Waals surface area (Å²) in [4.78, 5) is 20.1. The number of carboxylic acids is 2. The van der Waals surface area contributed by atoms with Gasteiger partial charge in [-0.25, -0.2) is 0 Å². The van der Waals surface area contributed by atoms with Crippen molar-refractivity contribution < 1.29 is 19.8 Å². The van der Waals surface area contributed by atoms with Crippen LogP contribution in [0.5, 0.6) is 0 Å². The second-order valence-corrected chi connectivity index (χ2v) is 17.5. The van der Waals surface area contributed by atoms with E-state index in [9.17, 15) is 9.59 Å². The van der Waals surface area contributed by atoms with E-state index < -0.39 is 28.1 Å². The van der Waals surface area contributed by atoms with Crippen molar-refractivity contribution in [1.29, 1.82) is 0 Å². The molecule has 0 fully saturated rings. The molecule has 0 saturated carbocycles. The van der Waals surface area contributed by atoms with Gasteiger partial charge in [-0.15, -0.1) is 0 Å². The van der Waals surface area contributed by atoms with E-state index in [0.29, 0.717) is 0 Å². The quantitative estimate of drug-likeness (QED) is 0.601. The van der Waals surface area contributed by atoms with Gasteiger partial charge in [0, 0.05) is 0 Å². The third-order valence-electron chi connectivity index (χ3n) is 0.896. The summed E-state index contributed by atoms with van der Waals surface area (Å²) in [6.07, 6.45) is 1.64. The predicted octanol–water partition coefficient (Wildman–Crippen LogP) is 1.27. The van der Waals surface area contributed by atoms with Gasteiger partial charge in [0.2, 0.25) is 0 Å². The maximum atomic E-state index is 10.1. The maximum absolute atomic E-state index is 10.1. The molecule has 0 spiro atoms. The van der Waals surface area contributed by atoms with Crippen LogP contribution in [0.25, 0.3) is 0 Å². The second-order valence-electron chi connectivity index (χ2n) is 2.02. The summed E-state index contributed by atoms with van der Waals surface area (Å²) in [5, 5.41) is 16.5. The molecule has 0 rings (SSSR count). The first kappa shape index (κ1) is 12.8. The summed E-state index contributed by atoms with van der Waals surface area (Å²) in [6.45, 7) is 0. The molecular formula is C6H6Cl2O4Sn. The van der Waals surface area contributed by atoms with Crippen molar-refractivity contribution in [3.8, 4) is 0 Å². The van der Waals surface area contributed by atoms with E-state index in [-0.39, 0.29) is 0 Å². The zero-order chi connectivity index (χ0) is 10.5. The summed E-state index contributed by atoms with van der Waals surface area (Å²) in [5.41, 5.74) is 0. The molecule has 72 valence electrons. The third-order valence-corrected chi connectivity index (χ3v) is 7.77. The van der Waals surface area contributed by atoms with Crippen molar-refractivity contribution in [2.75, 3.05) is 0 Å². The number of carboxylic acid groups (broad SMARTS) is 2. The van der Waals surface area contributed by atoms with Crippen LogP contribution in [0.4, 0.5) is 0 Å². The third kappa shape index (κ3) is 8.14. The minimum absolute atomic E-state index is 0.822. The Morgan fingerprint density at radius 1 is 1.00 bits per heavy atom. The molecule has 0 aliphatic rings. The van der Waals surface area contributed by atoms with Crippen molar-refractivity contribution in [2.45, 2.75) is 0 Å². The molecule has 0 aromatic heterocycles. The van der Waals surface area contributed by atoms with Crippen molar-refractivity contribution in [1.82, 2.24) is 0 Å². The van der Waals surface area contributed by atoms with Crippen molar-refractivity contribution in [2.24, 2.45) is 0 Å². The first-order valence-corrected chi connectivity index (χ1v) is 13.6. The minimum atomic E-state index is -3.72. The van der Waals surface area contributed by atoms with Gasteiger partial charge in [-0.2, -0.15) is 0 Å². The van der Waals surface area contributed by atoms with Crippen LogP contribution < -0.4 is 0 Å². The molecule has 0 radical (unpaired) electrons. The van der Waals surface area contributed by atoms with Crippen LogP contribution in [-0.4, -0.2) is 38.3 Å². The zero-order valence-corrected chi connectivity index (χ0v) is 10.6. The molecule has 0 unspecified atom stereocenters. The fourth-order valence-corrected chi connectivity index (χ4v) is 4.51. The Balaban J connectivity index is 4.40. The zero-order valence-electron chi connectivity index (χ0n) is 6.28. The van der Waals surface area contributed by atoms with Gasteiger partial charge in [-0.1, -0.05) is 0 Å². The summed E-state index contributed by atoms with van der Waals surface area (Å²) >= 11 is -3.72. The topological polar surface area (TPSA) is 74.6 Å². The van der Waals surface area contributed by atoms with Crippen LogP contribution >= 0.6 is 17.8 Å². The van der Waals surface area contributed by atoms with Gasteiger partial charge in [0.25, 0.3) is 0 Å². The molecule has 0 atom stereocenters. The standard InChI is InChI=1S/2C3H3O2.2ClH.Sn/c2*1-2-3(4)5;;;/h2*1-2H,(H,4,5);2*1H;/q;;;;+2/p-2. The average Bonchev–Trinajstić information content (AvgIpc) is 1.98. The fourth-order valence-electron chi connectivity index (χ4n) is 0.420. The molecule has 0 aliphatic carbocycles. The van der Waals surface area contributed by atoms with E-state index in [2.05, 4.69) is 0 Å². The predicted molar refractivity (Wildman–Crippen MR) is 51.0 cm³/mol. The molecule has 7 heteroatoms. The molecule has 0 bridgehead atoms. The Morgan fingerprint density at radius 3 is 1.54 bits per heavy atom. The summed E-state index contributed by atoms with van der Waals surface area (Å²) in [5.74, 6) is -2.32. The van der Waals surface area contributed by atoms with Crippen molar-refractivity contribution >= 4 is 45.9 Å². The van der Waals surface area contributed by atoms with E-state index in [4.69, 9.17) is 28.1 Å². The number of halogens is 2. The average molecular weight is 332 g/mol. The Kier molecular flexibility index (Phi) is 5.43. The van der Waals surface area contributed by atoms with Crippen LogP contribution in [0, 0.1) is 0 Å². The van der Waals surface area contributed by atoms with E-state index in [1.807, 2.05) is 0 Å². The molecule has 0 amide bonds. The molecule has 0 aromatic rings. The molecule has 0 heterocycles. The fraction of sp³-hybridized carbons (Fsp3) is 0. The number of aliphatic carboxylic acids is 2. The van der Waals surface area contributed by atoms with E-state index in [0.717, 1.165) is 12.2 Å². The van der Waals surface area contributed by atoms with Crippen LogP contribution in [0.15, 0.2) is 20.3 Å². The van der Waals surface area contributed by atoms with Gasteiger partial charge in [0.15, 0.2) is 0 Å². The SMILES string of the molecule is O=C(O)C=[CH][Sn]([Cl])([Cl])[CH]=CC(=O)O. The monoisotopic (exact) mass is 332 g/mol. The molecule has 0 aromatic carbocycles. The second kappa shape index (κ2) is 5.51. The van der Waals surface area contributed by atoms with Gasteiger partial charge in [-0.3, -0.25) is 0 Å². The van der Waals surface area contributed by atoms with Gasteiger partial charge in [0.1, 0.15) is 0 Å². The molecule has 2 N–H and O–H groups in total. The summed E-state index contributed by atoms with van der Waals surface area (Å²) < 4.78 is 2.33. The number of carbonyl (C=O) groups is 2. The molecule has 4 nitrogen and oxygen atoms in total. The van der Waals surface area contributed by atoms with Crippen molar-refractivity contribution in [3.05, 3.63) is 20.3 Å². The van der Waals surface area contributed by atoms with Crippen LogP contribution in [0.3, 0.4) is 0 Å². The Bertz CT molecular complexity index is 246. The number of rotatable bonds is 4. The molecule has 0 aliphatic heterocycles.